The molecule has 84 valence electrons. The van der Waals surface area contributed by atoms with Crippen LogP contribution in [-0.2, 0) is 0 Å². The van der Waals surface area contributed by atoms with Gasteiger partial charge in [-0.15, -0.1) is 0 Å². The van der Waals surface area contributed by atoms with Gasteiger partial charge < -0.3 is 15.7 Å². The van der Waals surface area contributed by atoms with Gasteiger partial charge in [0.2, 0.25) is 0 Å². The molecule has 0 saturated heterocycles. The van der Waals surface area contributed by atoms with E-state index < -0.39 is 0 Å². The van der Waals surface area contributed by atoms with Crippen molar-refractivity contribution in [2.75, 3.05) is 26.2 Å². The SMILES string of the molecule is CCCN(CC(N)CCO)CC1CC1. The van der Waals surface area contributed by atoms with Crippen molar-refractivity contribution in [2.24, 2.45) is 11.7 Å². The highest BCUT2D eigenvalue weighted by Gasteiger charge is 2.24. The topological polar surface area (TPSA) is 49.5 Å². The van der Waals surface area contributed by atoms with Crippen molar-refractivity contribution in [3.63, 3.8) is 0 Å². The highest BCUT2D eigenvalue weighted by atomic mass is 16.3. The zero-order valence-electron chi connectivity index (χ0n) is 9.28. The van der Waals surface area contributed by atoms with E-state index in [1.807, 2.05) is 0 Å². The zero-order chi connectivity index (χ0) is 10.4. The lowest BCUT2D eigenvalue weighted by molar-refractivity contribution is 0.219. The molecule has 0 bridgehead atoms. The number of hydrogen-bond donors (Lipinski definition) is 2. The van der Waals surface area contributed by atoms with Crippen LogP contribution >= 0.6 is 0 Å². The molecule has 0 aliphatic heterocycles. The maximum absolute atomic E-state index is 8.78. The van der Waals surface area contributed by atoms with Crippen molar-refractivity contribution in [1.29, 1.82) is 0 Å². The largest absolute Gasteiger partial charge is 0.396 e. The summed E-state index contributed by atoms with van der Waals surface area (Å²) < 4.78 is 0. The summed E-state index contributed by atoms with van der Waals surface area (Å²) in [6.07, 6.45) is 4.72. The fraction of sp³-hybridized carbons (Fsp3) is 1.00. The van der Waals surface area contributed by atoms with Gasteiger partial charge in [0.25, 0.3) is 0 Å². The smallest absolute Gasteiger partial charge is 0.0446 e. The van der Waals surface area contributed by atoms with Crippen LogP contribution in [0.25, 0.3) is 0 Å². The van der Waals surface area contributed by atoms with Crippen molar-refractivity contribution < 1.29 is 5.11 Å². The summed E-state index contributed by atoms with van der Waals surface area (Å²) in [5.41, 5.74) is 5.91. The number of nitrogens with zero attached hydrogens (tertiary/aromatic N) is 1. The lowest BCUT2D eigenvalue weighted by Crippen LogP contribution is -2.39. The minimum atomic E-state index is 0.144. The van der Waals surface area contributed by atoms with Crippen LogP contribution in [0.4, 0.5) is 0 Å². The van der Waals surface area contributed by atoms with Gasteiger partial charge in [0.15, 0.2) is 0 Å². The first-order chi connectivity index (χ1) is 6.76. The maximum atomic E-state index is 8.78. The Morgan fingerprint density at radius 3 is 2.71 bits per heavy atom. The van der Waals surface area contributed by atoms with E-state index in [1.54, 1.807) is 0 Å². The van der Waals surface area contributed by atoms with E-state index >= 15 is 0 Å². The Bertz CT molecular complexity index is 148. The molecular formula is C11H24N2O. The van der Waals surface area contributed by atoms with Crippen LogP contribution in [0.1, 0.15) is 32.6 Å². The maximum Gasteiger partial charge on any atom is 0.0446 e. The third-order valence-electron chi connectivity index (χ3n) is 2.75. The average molecular weight is 200 g/mol. The summed E-state index contributed by atoms with van der Waals surface area (Å²) in [6.45, 7) is 5.73. The van der Waals surface area contributed by atoms with Gasteiger partial charge in [-0.2, -0.15) is 0 Å². The number of rotatable bonds is 8. The molecule has 1 atom stereocenters. The van der Waals surface area contributed by atoms with Crippen LogP contribution in [0.2, 0.25) is 0 Å². The highest BCUT2D eigenvalue weighted by Crippen LogP contribution is 2.29. The molecule has 3 nitrogen and oxygen atoms in total. The summed E-state index contributed by atoms with van der Waals surface area (Å²) in [6, 6.07) is 0.144. The lowest BCUT2D eigenvalue weighted by Gasteiger charge is -2.24. The predicted octanol–water partition coefficient (Wildman–Crippen LogP) is 0.818. The molecule has 3 N–H and O–H groups in total. The van der Waals surface area contributed by atoms with Crippen LogP contribution in [0.5, 0.6) is 0 Å². The van der Waals surface area contributed by atoms with E-state index in [0.717, 1.165) is 25.4 Å². The van der Waals surface area contributed by atoms with Crippen molar-refractivity contribution in [1.82, 2.24) is 4.90 Å². The number of aliphatic hydroxyl groups is 1. The molecule has 0 spiro atoms. The summed E-state index contributed by atoms with van der Waals surface area (Å²) >= 11 is 0. The van der Waals surface area contributed by atoms with Gasteiger partial charge in [-0.05, 0) is 38.1 Å². The Morgan fingerprint density at radius 1 is 1.50 bits per heavy atom. The fourth-order valence-corrected chi connectivity index (χ4v) is 1.83. The molecule has 1 saturated carbocycles. The van der Waals surface area contributed by atoms with Gasteiger partial charge >= 0.3 is 0 Å². The van der Waals surface area contributed by atoms with Crippen molar-refractivity contribution >= 4 is 0 Å². The molecule has 0 aromatic carbocycles. The minimum absolute atomic E-state index is 0.144. The first-order valence-corrected chi connectivity index (χ1v) is 5.85. The van der Waals surface area contributed by atoms with E-state index in [4.69, 9.17) is 10.8 Å². The monoisotopic (exact) mass is 200 g/mol. The first-order valence-electron chi connectivity index (χ1n) is 5.85. The molecule has 14 heavy (non-hydrogen) atoms. The molecule has 0 aromatic rings. The second-order valence-corrected chi connectivity index (χ2v) is 4.48. The van der Waals surface area contributed by atoms with Crippen molar-refractivity contribution in [3.05, 3.63) is 0 Å². The van der Waals surface area contributed by atoms with Gasteiger partial charge in [-0.1, -0.05) is 6.92 Å². The molecule has 1 fully saturated rings. The highest BCUT2D eigenvalue weighted by molar-refractivity contribution is 4.79. The zero-order valence-corrected chi connectivity index (χ0v) is 9.28. The van der Waals surface area contributed by atoms with Gasteiger partial charge in [0.05, 0.1) is 0 Å². The second-order valence-electron chi connectivity index (χ2n) is 4.48. The number of nitrogens with two attached hydrogens (primary N) is 1. The van der Waals surface area contributed by atoms with Crippen molar-refractivity contribution in [2.45, 2.75) is 38.6 Å². The normalized spacial score (nSPS) is 18.9. The number of aliphatic hydroxyl groups excluding tert-OH is 1. The van der Waals surface area contributed by atoms with E-state index in [1.165, 1.54) is 25.8 Å². The van der Waals surface area contributed by atoms with Gasteiger partial charge in [0, 0.05) is 25.7 Å². The van der Waals surface area contributed by atoms with E-state index in [9.17, 15) is 0 Å². The summed E-state index contributed by atoms with van der Waals surface area (Å²) in [5.74, 6) is 0.933. The van der Waals surface area contributed by atoms with Gasteiger partial charge in [-0.25, -0.2) is 0 Å². The lowest BCUT2D eigenvalue weighted by atomic mass is 10.2. The molecule has 1 unspecified atom stereocenters. The Balaban J connectivity index is 2.18. The molecular weight excluding hydrogens is 176 g/mol. The molecule has 0 aromatic heterocycles. The van der Waals surface area contributed by atoms with Crippen LogP contribution in [0.3, 0.4) is 0 Å². The van der Waals surface area contributed by atoms with E-state index in [0.29, 0.717) is 0 Å². The first kappa shape index (κ1) is 12.0. The second kappa shape index (κ2) is 6.38. The Morgan fingerprint density at radius 2 is 2.21 bits per heavy atom. The molecule has 0 radical (unpaired) electrons. The fourth-order valence-electron chi connectivity index (χ4n) is 1.83. The van der Waals surface area contributed by atoms with Crippen molar-refractivity contribution in [3.8, 4) is 0 Å². The molecule has 1 aliphatic rings. The van der Waals surface area contributed by atoms with Gasteiger partial charge in [0.1, 0.15) is 0 Å². The van der Waals surface area contributed by atoms with E-state index in [2.05, 4.69) is 11.8 Å². The number of hydrogen-bond acceptors (Lipinski definition) is 3. The summed E-state index contributed by atoms with van der Waals surface area (Å²) in [7, 11) is 0. The molecule has 0 heterocycles. The standard InChI is InChI=1S/C11H24N2O/c1-2-6-13(8-10-3-4-10)9-11(12)5-7-14/h10-11,14H,2-9,12H2,1H3. The molecule has 1 rings (SSSR count). The Labute approximate surface area is 87.3 Å². The van der Waals surface area contributed by atoms with E-state index in [-0.39, 0.29) is 12.6 Å². The van der Waals surface area contributed by atoms with Crippen LogP contribution in [0, 0.1) is 5.92 Å². The summed E-state index contributed by atoms with van der Waals surface area (Å²) in [4.78, 5) is 2.46. The van der Waals surface area contributed by atoms with Crippen LogP contribution in [0.15, 0.2) is 0 Å². The average Bonchev–Trinajstić information content (AvgIpc) is 2.89. The van der Waals surface area contributed by atoms with Crippen LogP contribution < -0.4 is 5.73 Å². The Kier molecular flexibility index (Phi) is 5.45. The third kappa shape index (κ3) is 4.94. The predicted molar refractivity (Wildman–Crippen MR) is 59.1 cm³/mol. The summed E-state index contributed by atoms with van der Waals surface area (Å²) in [5, 5.41) is 8.78. The quantitative estimate of drug-likeness (QED) is 0.610. The molecule has 3 heteroatoms. The van der Waals surface area contributed by atoms with Crippen LogP contribution in [-0.4, -0.2) is 42.3 Å². The molecule has 0 amide bonds. The van der Waals surface area contributed by atoms with Gasteiger partial charge in [-0.3, -0.25) is 0 Å². The third-order valence-corrected chi connectivity index (χ3v) is 2.75. The minimum Gasteiger partial charge on any atom is -0.396 e. The molecule has 1 aliphatic carbocycles. The Hall–Kier alpha value is -0.120.